The Bertz CT molecular complexity index is 409. The van der Waals surface area contributed by atoms with Gasteiger partial charge in [0.1, 0.15) is 5.82 Å². The second-order valence-electron chi connectivity index (χ2n) is 4.91. The van der Waals surface area contributed by atoms with Crippen LogP contribution in [0.4, 0.5) is 5.82 Å². The zero-order chi connectivity index (χ0) is 15.5. The van der Waals surface area contributed by atoms with E-state index in [4.69, 9.17) is 4.74 Å². The molecule has 1 aromatic heterocycles. The van der Waals surface area contributed by atoms with E-state index in [1.54, 1.807) is 19.4 Å². The van der Waals surface area contributed by atoms with Crippen LogP contribution in [0.3, 0.4) is 0 Å². The highest BCUT2D eigenvalue weighted by atomic mass is 16.5. The predicted octanol–water partition coefficient (Wildman–Crippen LogP) is 1.21. The number of likely N-dealkylation sites (N-methyl/N-ethyl adjacent to an activating group) is 1. The van der Waals surface area contributed by atoms with Crippen molar-refractivity contribution in [2.45, 2.75) is 13.3 Å². The maximum atomic E-state index is 12.0. The minimum atomic E-state index is -0.0929. The molecule has 0 aliphatic heterocycles. The fourth-order valence-corrected chi connectivity index (χ4v) is 1.71. The summed E-state index contributed by atoms with van der Waals surface area (Å²) in [7, 11) is 3.68. The number of nitrogens with zero attached hydrogens (tertiary/aromatic N) is 2. The Morgan fingerprint density at radius 2 is 2.14 bits per heavy atom. The molecule has 1 aromatic rings. The van der Waals surface area contributed by atoms with Crippen molar-refractivity contribution in [3.05, 3.63) is 23.9 Å². The summed E-state index contributed by atoms with van der Waals surface area (Å²) in [5.74, 6) is 0.706. The summed E-state index contributed by atoms with van der Waals surface area (Å²) in [5, 5.41) is 6.06. The Morgan fingerprint density at radius 3 is 2.76 bits per heavy atom. The van der Waals surface area contributed by atoms with Gasteiger partial charge in [-0.25, -0.2) is 4.98 Å². The number of hydrogen-bond donors (Lipinski definition) is 2. The van der Waals surface area contributed by atoms with E-state index in [2.05, 4.69) is 27.4 Å². The van der Waals surface area contributed by atoms with Gasteiger partial charge in [-0.15, -0.1) is 0 Å². The smallest absolute Gasteiger partial charge is 0.252 e. The van der Waals surface area contributed by atoms with Gasteiger partial charge in [-0.05, 0) is 25.6 Å². The lowest BCUT2D eigenvalue weighted by Crippen LogP contribution is -2.34. The first kappa shape index (κ1) is 17.4. The number of anilines is 1. The first-order valence-corrected chi connectivity index (χ1v) is 7.33. The van der Waals surface area contributed by atoms with E-state index in [0.29, 0.717) is 18.7 Å². The van der Waals surface area contributed by atoms with Crippen LogP contribution >= 0.6 is 0 Å². The molecule has 21 heavy (non-hydrogen) atoms. The minimum Gasteiger partial charge on any atom is -0.383 e. The maximum absolute atomic E-state index is 12.0. The zero-order valence-corrected chi connectivity index (χ0v) is 13.2. The van der Waals surface area contributed by atoms with E-state index in [9.17, 15) is 4.79 Å². The Balaban J connectivity index is 2.31. The maximum Gasteiger partial charge on any atom is 0.252 e. The first-order chi connectivity index (χ1) is 10.2. The molecule has 0 aromatic carbocycles. The van der Waals surface area contributed by atoms with Crippen molar-refractivity contribution >= 4 is 11.7 Å². The highest BCUT2D eigenvalue weighted by Crippen LogP contribution is 2.04. The van der Waals surface area contributed by atoms with E-state index < -0.39 is 0 Å². The third-order valence-corrected chi connectivity index (χ3v) is 3.04. The molecule has 118 valence electrons. The van der Waals surface area contributed by atoms with Crippen molar-refractivity contribution in [1.82, 2.24) is 15.2 Å². The van der Waals surface area contributed by atoms with E-state index >= 15 is 0 Å². The molecule has 2 N–H and O–H groups in total. The number of amides is 1. The Labute approximate surface area is 126 Å². The minimum absolute atomic E-state index is 0.0929. The number of methoxy groups -OCH3 is 1. The summed E-state index contributed by atoms with van der Waals surface area (Å²) in [5.41, 5.74) is 0.580. The number of ether oxygens (including phenoxy) is 1. The topological polar surface area (TPSA) is 66.5 Å². The van der Waals surface area contributed by atoms with E-state index in [-0.39, 0.29) is 5.91 Å². The predicted molar refractivity (Wildman–Crippen MR) is 84.7 cm³/mol. The van der Waals surface area contributed by atoms with Crippen molar-refractivity contribution in [2.24, 2.45) is 0 Å². The van der Waals surface area contributed by atoms with Gasteiger partial charge in [-0.3, -0.25) is 4.79 Å². The lowest BCUT2D eigenvalue weighted by molar-refractivity contribution is 0.0947. The summed E-state index contributed by atoms with van der Waals surface area (Å²) in [6, 6.07) is 3.62. The fourth-order valence-electron chi connectivity index (χ4n) is 1.71. The molecule has 0 aliphatic rings. The number of nitrogens with one attached hydrogen (secondary N) is 2. The molecule has 0 spiro atoms. The van der Waals surface area contributed by atoms with Crippen LogP contribution in [0, 0.1) is 0 Å². The highest BCUT2D eigenvalue weighted by Gasteiger charge is 2.06. The van der Waals surface area contributed by atoms with Crippen LogP contribution in [0.1, 0.15) is 23.7 Å². The quantitative estimate of drug-likeness (QED) is 0.679. The molecule has 1 heterocycles. The summed E-state index contributed by atoms with van der Waals surface area (Å²) >= 11 is 0. The van der Waals surface area contributed by atoms with Crippen molar-refractivity contribution in [1.29, 1.82) is 0 Å². The molecule has 0 radical (unpaired) electrons. The van der Waals surface area contributed by atoms with Crippen molar-refractivity contribution < 1.29 is 9.53 Å². The molecule has 0 fully saturated rings. The third-order valence-electron chi connectivity index (χ3n) is 3.04. The molecule has 0 unspecified atom stereocenters. The van der Waals surface area contributed by atoms with Gasteiger partial charge in [0.05, 0.1) is 12.2 Å². The lowest BCUT2D eigenvalue weighted by Gasteiger charge is -2.16. The van der Waals surface area contributed by atoms with Gasteiger partial charge in [0.15, 0.2) is 0 Å². The Morgan fingerprint density at radius 1 is 1.33 bits per heavy atom. The molecule has 0 saturated heterocycles. The Hall–Kier alpha value is -1.66. The third kappa shape index (κ3) is 7.06. The molecule has 0 saturated carbocycles. The van der Waals surface area contributed by atoms with Crippen LogP contribution in [0.15, 0.2) is 18.3 Å². The lowest BCUT2D eigenvalue weighted by atomic mass is 10.2. The molecule has 0 aliphatic carbocycles. The monoisotopic (exact) mass is 294 g/mol. The molecular formula is C15H26N4O2. The molecule has 1 amide bonds. The SMILES string of the molecule is CCCNc1ccc(C(=O)NCCN(C)CCOC)cn1. The van der Waals surface area contributed by atoms with E-state index in [1.165, 1.54) is 0 Å². The van der Waals surface area contributed by atoms with Crippen LogP contribution in [-0.2, 0) is 4.74 Å². The van der Waals surface area contributed by atoms with E-state index in [0.717, 1.165) is 31.9 Å². The number of rotatable bonds is 10. The average Bonchev–Trinajstić information content (AvgIpc) is 2.51. The summed E-state index contributed by atoms with van der Waals surface area (Å²) < 4.78 is 5.01. The second kappa shape index (κ2) is 10.1. The number of carbonyl (C=O) groups is 1. The van der Waals surface area contributed by atoms with Gasteiger partial charge in [-0.2, -0.15) is 0 Å². The number of pyridine rings is 1. The fraction of sp³-hybridized carbons (Fsp3) is 0.600. The van der Waals surface area contributed by atoms with Crippen LogP contribution in [-0.4, -0.2) is 62.7 Å². The van der Waals surface area contributed by atoms with Gasteiger partial charge in [0.25, 0.3) is 5.91 Å². The van der Waals surface area contributed by atoms with Gasteiger partial charge in [0.2, 0.25) is 0 Å². The van der Waals surface area contributed by atoms with Crippen molar-refractivity contribution in [3.8, 4) is 0 Å². The number of hydrogen-bond acceptors (Lipinski definition) is 5. The molecule has 6 nitrogen and oxygen atoms in total. The average molecular weight is 294 g/mol. The van der Waals surface area contributed by atoms with Crippen LogP contribution in [0.2, 0.25) is 0 Å². The summed E-state index contributed by atoms with van der Waals surface area (Å²) in [6.07, 6.45) is 2.64. The van der Waals surface area contributed by atoms with Crippen LogP contribution in [0.25, 0.3) is 0 Å². The van der Waals surface area contributed by atoms with Crippen LogP contribution < -0.4 is 10.6 Å². The zero-order valence-electron chi connectivity index (χ0n) is 13.2. The highest BCUT2D eigenvalue weighted by molar-refractivity contribution is 5.94. The van der Waals surface area contributed by atoms with Crippen molar-refractivity contribution in [2.75, 3.05) is 52.3 Å². The van der Waals surface area contributed by atoms with Crippen LogP contribution in [0.5, 0.6) is 0 Å². The molecule has 0 atom stereocenters. The Kier molecular flexibility index (Phi) is 8.38. The normalized spacial score (nSPS) is 10.7. The number of aromatic nitrogens is 1. The molecular weight excluding hydrogens is 268 g/mol. The molecule has 6 heteroatoms. The summed E-state index contributed by atoms with van der Waals surface area (Å²) in [6.45, 7) is 5.92. The second-order valence-corrected chi connectivity index (χ2v) is 4.91. The van der Waals surface area contributed by atoms with Crippen molar-refractivity contribution in [3.63, 3.8) is 0 Å². The van der Waals surface area contributed by atoms with E-state index in [1.807, 2.05) is 13.1 Å². The summed E-state index contributed by atoms with van der Waals surface area (Å²) in [4.78, 5) is 18.3. The van der Waals surface area contributed by atoms with Gasteiger partial charge in [0, 0.05) is 39.5 Å². The van der Waals surface area contributed by atoms with Gasteiger partial charge < -0.3 is 20.3 Å². The standard InChI is InChI=1S/C15H26N4O2/c1-4-7-16-14-6-5-13(12-18-14)15(20)17-8-9-19(2)10-11-21-3/h5-6,12H,4,7-11H2,1-3H3,(H,16,18)(H,17,20). The number of carbonyl (C=O) groups excluding carboxylic acids is 1. The van der Waals surface area contributed by atoms with Gasteiger partial charge in [-0.1, -0.05) is 6.92 Å². The molecule has 1 rings (SSSR count). The largest absolute Gasteiger partial charge is 0.383 e. The van der Waals surface area contributed by atoms with Gasteiger partial charge >= 0.3 is 0 Å². The first-order valence-electron chi connectivity index (χ1n) is 7.33. The molecule has 0 bridgehead atoms.